The van der Waals surface area contributed by atoms with Crippen LogP contribution in [0.3, 0.4) is 0 Å². The van der Waals surface area contributed by atoms with Crippen LogP contribution in [0.15, 0.2) is 85.1 Å². The van der Waals surface area contributed by atoms with Crippen LogP contribution in [0.25, 0.3) is 11.1 Å². The van der Waals surface area contributed by atoms with E-state index in [1.54, 1.807) is 36.5 Å². The summed E-state index contributed by atoms with van der Waals surface area (Å²) in [5.41, 5.74) is 8.75. The van der Waals surface area contributed by atoms with Gasteiger partial charge in [-0.15, -0.1) is 0 Å². The Morgan fingerprint density at radius 2 is 1.85 bits per heavy atom. The van der Waals surface area contributed by atoms with E-state index in [4.69, 9.17) is 5.73 Å². The fourth-order valence-corrected chi connectivity index (χ4v) is 5.10. The molecule has 0 spiro atoms. The molecule has 3 amide bonds. The van der Waals surface area contributed by atoms with E-state index in [2.05, 4.69) is 15.6 Å². The Balaban J connectivity index is 1.49. The summed E-state index contributed by atoms with van der Waals surface area (Å²) >= 11 is 0. The molecule has 9 heteroatoms. The standard InChI is InChI=1S/C31H26F2N4O3/c32-21-6-3-5-18(13-21)14-27(37-29(39)17-20-16-28(38)36-26-9-2-1-7-22(20)26)30-23(8-4-12-35-30)19-10-11-25(33)24(15-19)31(34)40/h1-13,15,20,27H,14,16-17H2,(H2,34,40)(H,36,38)(H,37,39)/t20?,27-/m0/s1. The zero-order chi connectivity index (χ0) is 28.2. The molecule has 1 unspecified atom stereocenters. The number of nitrogens with one attached hydrogen (secondary N) is 2. The zero-order valence-corrected chi connectivity index (χ0v) is 21.4. The largest absolute Gasteiger partial charge is 0.366 e. The molecule has 2 atom stereocenters. The molecule has 2 heterocycles. The van der Waals surface area contributed by atoms with Crippen molar-refractivity contribution in [2.45, 2.75) is 31.2 Å². The van der Waals surface area contributed by atoms with Gasteiger partial charge < -0.3 is 16.4 Å². The van der Waals surface area contributed by atoms with E-state index < -0.39 is 23.6 Å². The van der Waals surface area contributed by atoms with Crippen LogP contribution in [0, 0.1) is 11.6 Å². The molecule has 1 aliphatic heterocycles. The van der Waals surface area contributed by atoms with Gasteiger partial charge in [0.05, 0.1) is 17.3 Å². The first-order chi connectivity index (χ1) is 19.3. The summed E-state index contributed by atoms with van der Waals surface area (Å²) in [5.74, 6) is -2.88. The highest BCUT2D eigenvalue weighted by Gasteiger charge is 2.28. The molecule has 7 nitrogen and oxygen atoms in total. The van der Waals surface area contributed by atoms with Crippen molar-refractivity contribution in [2.75, 3.05) is 5.32 Å². The van der Waals surface area contributed by atoms with E-state index in [-0.39, 0.29) is 42.6 Å². The molecule has 0 radical (unpaired) electrons. The van der Waals surface area contributed by atoms with Crippen molar-refractivity contribution in [3.05, 3.63) is 119 Å². The average molecular weight is 541 g/mol. The first-order valence-electron chi connectivity index (χ1n) is 12.8. The Kier molecular flexibility index (Phi) is 7.63. The number of benzene rings is 3. The van der Waals surface area contributed by atoms with Gasteiger partial charge in [0.1, 0.15) is 11.6 Å². The number of amides is 3. The third kappa shape index (κ3) is 5.88. The summed E-state index contributed by atoms with van der Waals surface area (Å²) < 4.78 is 28.3. The Morgan fingerprint density at radius 3 is 2.65 bits per heavy atom. The number of nitrogens with two attached hydrogens (primary N) is 1. The van der Waals surface area contributed by atoms with Gasteiger partial charge in [0, 0.05) is 36.2 Å². The molecule has 0 bridgehead atoms. The first-order valence-corrected chi connectivity index (χ1v) is 12.8. The lowest BCUT2D eigenvalue weighted by Crippen LogP contribution is -2.33. The van der Waals surface area contributed by atoms with Gasteiger partial charge in [0.2, 0.25) is 11.8 Å². The van der Waals surface area contributed by atoms with Gasteiger partial charge in [-0.25, -0.2) is 8.78 Å². The zero-order valence-electron chi connectivity index (χ0n) is 21.4. The minimum atomic E-state index is -0.911. The van der Waals surface area contributed by atoms with Gasteiger partial charge in [-0.3, -0.25) is 19.4 Å². The third-order valence-electron chi connectivity index (χ3n) is 6.91. The summed E-state index contributed by atoms with van der Waals surface area (Å²) in [5, 5.41) is 5.87. The molecule has 0 saturated carbocycles. The maximum atomic E-state index is 14.2. The van der Waals surface area contributed by atoms with Crippen LogP contribution in [-0.2, 0) is 16.0 Å². The summed E-state index contributed by atoms with van der Waals surface area (Å²) in [6.07, 6.45) is 1.98. The van der Waals surface area contributed by atoms with Crippen LogP contribution in [0.1, 0.15) is 52.0 Å². The summed E-state index contributed by atoms with van der Waals surface area (Å²) in [7, 11) is 0. The molecular formula is C31H26F2N4O3. The van der Waals surface area contributed by atoms with E-state index in [0.29, 0.717) is 28.1 Å². The Hall–Kier alpha value is -4.92. The van der Waals surface area contributed by atoms with Crippen molar-refractivity contribution >= 4 is 23.4 Å². The first kappa shape index (κ1) is 26.7. The second-order valence-electron chi connectivity index (χ2n) is 9.69. The van der Waals surface area contributed by atoms with E-state index >= 15 is 0 Å². The van der Waals surface area contributed by atoms with E-state index in [1.807, 2.05) is 18.2 Å². The molecule has 0 aliphatic carbocycles. The molecule has 4 aromatic rings. The van der Waals surface area contributed by atoms with Crippen molar-refractivity contribution in [1.82, 2.24) is 10.3 Å². The lowest BCUT2D eigenvalue weighted by Gasteiger charge is -2.27. The predicted octanol–water partition coefficient (Wildman–Crippen LogP) is 5.04. The van der Waals surface area contributed by atoms with Gasteiger partial charge in [-0.1, -0.05) is 42.5 Å². The smallest absolute Gasteiger partial charge is 0.251 e. The molecular weight excluding hydrogens is 514 g/mol. The second kappa shape index (κ2) is 11.4. The van der Waals surface area contributed by atoms with Crippen molar-refractivity contribution in [3.8, 4) is 11.1 Å². The molecule has 1 aliphatic rings. The van der Waals surface area contributed by atoms with Crippen LogP contribution < -0.4 is 16.4 Å². The third-order valence-corrected chi connectivity index (χ3v) is 6.91. The van der Waals surface area contributed by atoms with Crippen LogP contribution in [0.4, 0.5) is 14.5 Å². The van der Waals surface area contributed by atoms with Gasteiger partial charge in [0.15, 0.2) is 0 Å². The normalized spacial score (nSPS) is 15.1. The molecule has 0 fully saturated rings. The quantitative estimate of drug-likeness (QED) is 0.290. The summed E-state index contributed by atoms with van der Waals surface area (Å²) in [6, 6.07) is 20.1. The average Bonchev–Trinajstić information content (AvgIpc) is 2.93. The van der Waals surface area contributed by atoms with Gasteiger partial charge in [-0.05, 0) is 59.5 Å². The molecule has 3 aromatic carbocycles. The number of nitrogens with zero attached hydrogens (tertiary/aromatic N) is 1. The fraction of sp³-hybridized carbons (Fsp3) is 0.161. The Morgan fingerprint density at radius 1 is 1.02 bits per heavy atom. The number of carbonyl (C=O) groups is 3. The highest BCUT2D eigenvalue weighted by Crippen LogP contribution is 2.35. The highest BCUT2D eigenvalue weighted by atomic mass is 19.1. The number of para-hydroxylation sites is 1. The lowest BCUT2D eigenvalue weighted by molar-refractivity contribution is -0.122. The minimum absolute atomic E-state index is 0.0502. The van der Waals surface area contributed by atoms with E-state index in [0.717, 1.165) is 11.6 Å². The Bertz CT molecular complexity index is 1610. The van der Waals surface area contributed by atoms with Crippen molar-refractivity contribution < 1.29 is 23.2 Å². The number of rotatable bonds is 8. The van der Waals surface area contributed by atoms with Crippen molar-refractivity contribution in [2.24, 2.45) is 5.73 Å². The molecule has 4 N–H and O–H groups in total. The van der Waals surface area contributed by atoms with Crippen LogP contribution in [0.2, 0.25) is 0 Å². The topological polar surface area (TPSA) is 114 Å². The van der Waals surface area contributed by atoms with Crippen LogP contribution in [-0.4, -0.2) is 22.7 Å². The number of primary amides is 1. The van der Waals surface area contributed by atoms with Gasteiger partial charge in [0.25, 0.3) is 5.91 Å². The number of carbonyl (C=O) groups excluding carboxylic acids is 3. The van der Waals surface area contributed by atoms with Crippen molar-refractivity contribution in [3.63, 3.8) is 0 Å². The number of hydrogen-bond donors (Lipinski definition) is 3. The Labute approximate surface area is 229 Å². The van der Waals surface area contributed by atoms with E-state index in [1.165, 1.54) is 24.3 Å². The van der Waals surface area contributed by atoms with Gasteiger partial charge in [-0.2, -0.15) is 0 Å². The summed E-state index contributed by atoms with van der Waals surface area (Å²) in [6.45, 7) is 0. The second-order valence-corrected chi connectivity index (χ2v) is 9.69. The molecule has 40 heavy (non-hydrogen) atoms. The number of aromatic nitrogens is 1. The molecule has 5 rings (SSSR count). The van der Waals surface area contributed by atoms with Gasteiger partial charge >= 0.3 is 0 Å². The van der Waals surface area contributed by atoms with E-state index in [9.17, 15) is 23.2 Å². The molecule has 202 valence electrons. The van der Waals surface area contributed by atoms with Crippen molar-refractivity contribution in [1.29, 1.82) is 0 Å². The maximum absolute atomic E-state index is 14.2. The maximum Gasteiger partial charge on any atom is 0.251 e. The monoisotopic (exact) mass is 540 g/mol. The molecule has 0 saturated heterocycles. The predicted molar refractivity (Wildman–Crippen MR) is 146 cm³/mol. The highest BCUT2D eigenvalue weighted by molar-refractivity contribution is 5.96. The number of hydrogen-bond acceptors (Lipinski definition) is 4. The molecule has 1 aromatic heterocycles. The van der Waals surface area contributed by atoms with Crippen LogP contribution in [0.5, 0.6) is 0 Å². The number of anilines is 1. The number of pyridine rings is 1. The van der Waals surface area contributed by atoms with Crippen LogP contribution >= 0.6 is 0 Å². The minimum Gasteiger partial charge on any atom is -0.366 e. The lowest BCUT2D eigenvalue weighted by atomic mass is 9.87. The number of halogens is 2. The SMILES string of the molecule is NC(=O)c1cc(-c2cccnc2[C@H](Cc2cccc(F)c2)NC(=O)CC2CC(=O)Nc3ccccc32)ccc1F. The fourth-order valence-electron chi connectivity index (χ4n) is 5.10. The number of fused-ring (bicyclic) bond motifs is 1. The summed E-state index contributed by atoms with van der Waals surface area (Å²) in [4.78, 5) is 42.1.